The standard InChI is InChI=1S/C20H26N2O6S/c1-13-10-18(28-5)19(11-14(13)2)29(24,25)22-9-8-21-20(23)15-6-7-16(26-3)17(12-15)27-4/h6-7,10-12,22H,8-9H2,1-5H3,(H,21,23). The molecule has 2 N–H and O–H groups in total. The lowest BCUT2D eigenvalue weighted by molar-refractivity contribution is 0.0954. The Morgan fingerprint density at radius 2 is 1.48 bits per heavy atom. The maximum Gasteiger partial charge on any atom is 0.251 e. The van der Waals surface area contributed by atoms with Gasteiger partial charge < -0.3 is 19.5 Å². The first kappa shape index (κ1) is 22.5. The van der Waals surface area contributed by atoms with Gasteiger partial charge in [0.05, 0.1) is 21.3 Å². The maximum absolute atomic E-state index is 12.6. The summed E-state index contributed by atoms with van der Waals surface area (Å²) in [5.74, 6) is 0.866. The number of carbonyl (C=O) groups is 1. The highest BCUT2D eigenvalue weighted by atomic mass is 32.2. The summed E-state index contributed by atoms with van der Waals surface area (Å²) in [7, 11) is 0.625. The van der Waals surface area contributed by atoms with Crippen LogP contribution in [-0.2, 0) is 10.0 Å². The molecular formula is C20H26N2O6S. The number of hydrogen-bond donors (Lipinski definition) is 2. The van der Waals surface area contributed by atoms with Crippen LogP contribution in [0.25, 0.3) is 0 Å². The zero-order valence-corrected chi connectivity index (χ0v) is 18.0. The molecule has 0 aliphatic carbocycles. The van der Waals surface area contributed by atoms with E-state index in [1.165, 1.54) is 21.3 Å². The van der Waals surface area contributed by atoms with Crippen molar-refractivity contribution < 1.29 is 27.4 Å². The Kier molecular flexibility index (Phi) is 7.46. The van der Waals surface area contributed by atoms with Gasteiger partial charge in [0.25, 0.3) is 5.91 Å². The van der Waals surface area contributed by atoms with E-state index >= 15 is 0 Å². The average molecular weight is 423 g/mol. The van der Waals surface area contributed by atoms with E-state index in [9.17, 15) is 13.2 Å². The number of benzene rings is 2. The highest BCUT2D eigenvalue weighted by Gasteiger charge is 2.20. The van der Waals surface area contributed by atoms with E-state index in [2.05, 4.69) is 10.0 Å². The molecule has 29 heavy (non-hydrogen) atoms. The first-order valence-electron chi connectivity index (χ1n) is 8.88. The molecule has 2 rings (SSSR count). The first-order chi connectivity index (χ1) is 13.7. The predicted octanol–water partition coefficient (Wildman–Crippen LogP) is 2.04. The SMILES string of the molecule is COc1ccc(C(=O)NCCNS(=O)(=O)c2cc(C)c(C)cc2OC)cc1OC. The Morgan fingerprint density at radius 1 is 0.862 bits per heavy atom. The summed E-state index contributed by atoms with van der Waals surface area (Å²) in [5, 5.41) is 2.67. The molecule has 158 valence electrons. The third-order valence-corrected chi connectivity index (χ3v) is 5.90. The van der Waals surface area contributed by atoms with E-state index in [1.807, 2.05) is 13.8 Å². The molecule has 0 bridgehead atoms. The van der Waals surface area contributed by atoms with E-state index in [1.54, 1.807) is 30.3 Å². The molecular weight excluding hydrogens is 396 g/mol. The Hall–Kier alpha value is -2.78. The van der Waals surface area contributed by atoms with Gasteiger partial charge in [0.1, 0.15) is 10.6 Å². The highest BCUT2D eigenvalue weighted by molar-refractivity contribution is 7.89. The monoisotopic (exact) mass is 422 g/mol. The van der Waals surface area contributed by atoms with Crippen LogP contribution in [0.3, 0.4) is 0 Å². The van der Waals surface area contributed by atoms with Crippen LogP contribution >= 0.6 is 0 Å². The number of hydrogen-bond acceptors (Lipinski definition) is 6. The van der Waals surface area contributed by atoms with Gasteiger partial charge in [0.15, 0.2) is 11.5 Å². The molecule has 0 fully saturated rings. The Balaban J connectivity index is 2.00. The summed E-state index contributed by atoms with van der Waals surface area (Å²) in [4.78, 5) is 12.3. The lowest BCUT2D eigenvalue weighted by atomic mass is 10.1. The normalized spacial score (nSPS) is 11.1. The van der Waals surface area contributed by atoms with Crippen LogP contribution in [0.4, 0.5) is 0 Å². The molecule has 8 nitrogen and oxygen atoms in total. The molecule has 0 saturated heterocycles. The Labute approximate surface area is 171 Å². The lowest BCUT2D eigenvalue weighted by Gasteiger charge is -2.13. The number of nitrogens with one attached hydrogen (secondary N) is 2. The van der Waals surface area contributed by atoms with Crippen LogP contribution in [0.5, 0.6) is 17.2 Å². The number of sulfonamides is 1. The fraction of sp³-hybridized carbons (Fsp3) is 0.350. The second kappa shape index (κ2) is 9.62. The van der Waals surface area contributed by atoms with E-state index < -0.39 is 10.0 Å². The molecule has 0 saturated carbocycles. The summed E-state index contributed by atoms with van der Waals surface area (Å²) in [5.41, 5.74) is 2.15. The Morgan fingerprint density at radius 3 is 2.10 bits per heavy atom. The average Bonchev–Trinajstić information content (AvgIpc) is 2.71. The number of amides is 1. The molecule has 0 radical (unpaired) electrons. The maximum atomic E-state index is 12.6. The van der Waals surface area contributed by atoms with Crippen molar-refractivity contribution in [3.63, 3.8) is 0 Å². The van der Waals surface area contributed by atoms with Gasteiger partial charge >= 0.3 is 0 Å². The van der Waals surface area contributed by atoms with Crippen molar-refractivity contribution in [2.24, 2.45) is 0 Å². The van der Waals surface area contributed by atoms with E-state index in [4.69, 9.17) is 14.2 Å². The number of rotatable bonds is 9. The number of ether oxygens (including phenoxy) is 3. The zero-order chi connectivity index (χ0) is 21.6. The largest absolute Gasteiger partial charge is 0.495 e. The van der Waals surface area contributed by atoms with Crippen LogP contribution in [0.2, 0.25) is 0 Å². The van der Waals surface area contributed by atoms with Gasteiger partial charge in [-0.1, -0.05) is 0 Å². The zero-order valence-electron chi connectivity index (χ0n) is 17.2. The molecule has 0 atom stereocenters. The molecule has 0 spiro atoms. The first-order valence-corrected chi connectivity index (χ1v) is 10.4. The minimum absolute atomic E-state index is 0.0252. The molecule has 9 heteroatoms. The number of carbonyl (C=O) groups excluding carboxylic acids is 1. The minimum atomic E-state index is -3.79. The van der Waals surface area contributed by atoms with E-state index in [0.29, 0.717) is 17.1 Å². The number of methoxy groups -OCH3 is 3. The van der Waals surface area contributed by atoms with Crippen molar-refractivity contribution in [3.05, 3.63) is 47.0 Å². The van der Waals surface area contributed by atoms with Crippen LogP contribution < -0.4 is 24.2 Å². The van der Waals surface area contributed by atoms with Gasteiger partial charge in [-0.3, -0.25) is 4.79 Å². The quantitative estimate of drug-likeness (QED) is 0.600. The second-order valence-corrected chi connectivity index (χ2v) is 8.05. The van der Waals surface area contributed by atoms with Gasteiger partial charge in [-0.2, -0.15) is 0 Å². The van der Waals surface area contributed by atoms with Crippen LogP contribution in [0, 0.1) is 13.8 Å². The minimum Gasteiger partial charge on any atom is -0.495 e. The number of aryl methyl sites for hydroxylation is 2. The van der Waals surface area contributed by atoms with E-state index in [0.717, 1.165) is 11.1 Å². The van der Waals surface area contributed by atoms with Crippen molar-refractivity contribution in [3.8, 4) is 17.2 Å². The van der Waals surface area contributed by atoms with Crippen LogP contribution in [0.15, 0.2) is 35.2 Å². The fourth-order valence-electron chi connectivity index (χ4n) is 2.65. The third-order valence-electron chi connectivity index (χ3n) is 4.42. The lowest BCUT2D eigenvalue weighted by Crippen LogP contribution is -2.34. The van der Waals surface area contributed by atoms with Gasteiger partial charge in [-0.15, -0.1) is 0 Å². The predicted molar refractivity (Wildman–Crippen MR) is 110 cm³/mol. The van der Waals surface area contributed by atoms with Crippen molar-refractivity contribution in [1.29, 1.82) is 0 Å². The second-order valence-electron chi connectivity index (χ2n) is 6.31. The van der Waals surface area contributed by atoms with Crippen LogP contribution in [0.1, 0.15) is 21.5 Å². The van der Waals surface area contributed by atoms with Gasteiger partial charge in [-0.25, -0.2) is 13.1 Å². The summed E-state index contributed by atoms with van der Waals surface area (Å²) in [6, 6.07) is 8.03. The van der Waals surface area contributed by atoms with Gasteiger partial charge in [0.2, 0.25) is 10.0 Å². The summed E-state index contributed by atoms with van der Waals surface area (Å²) in [6.45, 7) is 3.85. The summed E-state index contributed by atoms with van der Waals surface area (Å²) in [6.07, 6.45) is 0. The van der Waals surface area contributed by atoms with Gasteiger partial charge in [-0.05, 0) is 55.3 Å². The molecule has 1 amide bonds. The van der Waals surface area contributed by atoms with Crippen LogP contribution in [-0.4, -0.2) is 48.7 Å². The fourth-order valence-corrected chi connectivity index (χ4v) is 3.92. The summed E-state index contributed by atoms with van der Waals surface area (Å²) >= 11 is 0. The molecule has 0 aromatic heterocycles. The van der Waals surface area contributed by atoms with Crippen molar-refractivity contribution in [2.75, 3.05) is 34.4 Å². The summed E-state index contributed by atoms with van der Waals surface area (Å²) < 4.78 is 43.2. The molecule has 0 aliphatic rings. The molecule has 0 heterocycles. The highest BCUT2D eigenvalue weighted by Crippen LogP contribution is 2.28. The Bertz CT molecular complexity index is 989. The van der Waals surface area contributed by atoms with Crippen molar-refractivity contribution >= 4 is 15.9 Å². The smallest absolute Gasteiger partial charge is 0.251 e. The van der Waals surface area contributed by atoms with Crippen molar-refractivity contribution in [1.82, 2.24) is 10.0 Å². The molecule has 0 unspecified atom stereocenters. The van der Waals surface area contributed by atoms with E-state index in [-0.39, 0.29) is 29.6 Å². The topological polar surface area (TPSA) is 103 Å². The third kappa shape index (κ3) is 5.39. The molecule has 0 aliphatic heterocycles. The molecule has 2 aromatic rings. The van der Waals surface area contributed by atoms with Gasteiger partial charge in [0, 0.05) is 18.7 Å². The molecule has 2 aromatic carbocycles. The van der Waals surface area contributed by atoms with Crippen molar-refractivity contribution in [2.45, 2.75) is 18.7 Å².